The first-order valence-electron chi connectivity index (χ1n) is 6.11. The third kappa shape index (κ3) is 6.72. The standard InChI is InChI=1S/C12H25NOS/c1-5-8-11(4)14-12(15)13(9-6-2)10-7-3/h11H,5-10H2,1-4H3. The molecule has 3 heteroatoms. The smallest absolute Gasteiger partial charge is 0.259 e. The van der Waals surface area contributed by atoms with Gasteiger partial charge in [0.05, 0.1) is 6.10 Å². The average molecular weight is 231 g/mol. The molecule has 0 aliphatic rings. The summed E-state index contributed by atoms with van der Waals surface area (Å²) >= 11 is 5.30. The topological polar surface area (TPSA) is 12.5 Å². The molecule has 0 aliphatic heterocycles. The maximum Gasteiger partial charge on any atom is 0.259 e. The van der Waals surface area contributed by atoms with Crippen LogP contribution in [0, 0.1) is 0 Å². The summed E-state index contributed by atoms with van der Waals surface area (Å²) in [6.45, 7) is 10.6. The van der Waals surface area contributed by atoms with Gasteiger partial charge < -0.3 is 9.64 Å². The van der Waals surface area contributed by atoms with Gasteiger partial charge in [0.15, 0.2) is 0 Å². The van der Waals surface area contributed by atoms with Crippen LogP contribution in [0.4, 0.5) is 0 Å². The van der Waals surface area contributed by atoms with E-state index in [1.54, 1.807) is 0 Å². The fraction of sp³-hybridized carbons (Fsp3) is 0.917. The summed E-state index contributed by atoms with van der Waals surface area (Å²) in [7, 11) is 0. The molecule has 0 aliphatic carbocycles. The Hall–Kier alpha value is -0.310. The van der Waals surface area contributed by atoms with E-state index in [1.807, 2.05) is 0 Å². The molecule has 0 bridgehead atoms. The fourth-order valence-electron chi connectivity index (χ4n) is 1.55. The van der Waals surface area contributed by atoms with E-state index in [0.717, 1.165) is 38.8 Å². The summed E-state index contributed by atoms with van der Waals surface area (Å²) < 4.78 is 5.72. The summed E-state index contributed by atoms with van der Waals surface area (Å²) in [6.07, 6.45) is 4.70. The van der Waals surface area contributed by atoms with Gasteiger partial charge in [0, 0.05) is 13.1 Å². The molecule has 0 spiro atoms. The van der Waals surface area contributed by atoms with E-state index >= 15 is 0 Å². The van der Waals surface area contributed by atoms with Gasteiger partial charge in [-0.1, -0.05) is 27.2 Å². The van der Waals surface area contributed by atoms with Gasteiger partial charge in [-0.15, -0.1) is 0 Å². The molecule has 0 rings (SSSR count). The van der Waals surface area contributed by atoms with Crippen LogP contribution >= 0.6 is 12.2 Å². The van der Waals surface area contributed by atoms with E-state index in [4.69, 9.17) is 17.0 Å². The van der Waals surface area contributed by atoms with Gasteiger partial charge in [0.1, 0.15) is 0 Å². The molecule has 90 valence electrons. The lowest BCUT2D eigenvalue weighted by Crippen LogP contribution is -2.34. The molecule has 0 aromatic heterocycles. The van der Waals surface area contributed by atoms with Gasteiger partial charge in [-0.3, -0.25) is 0 Å². The van der Waals surface area contributed by atoms with Gasteiger partial charge in [-0.25, -0.2) is 0 Å². The third-order valence-electron chi connectivity index (χ3n) is 2.24. The van der Waals surface area contributed by atoms with E-state index in [1.165, 1.54) is 0 Å². The number of thiocarbonyl (C=S) groups is 1. The molecule has 0 heterocycles. The summed E-state index contributed by atoms with van der Waals surface area (Å²) in [4.78, 5) is 2.17. The van der Waals surface area contributed by atoms with Crippen molar-refractivity contribution >= 4 is 17.4 Å². The second-order valence-electron chi connectivity index (χ2n) is 3.97. The highest BCUT2D eigenvalue weighted by atomic mass is 32.1. The summed E-state index contributed by atoms with van der Waals surface area (Å²) in [5.74, 6) is 0. The predicted octanol–water partition coefficient (Wildman–Crippen LogP) is 3.60. The van der Waals surface area contributed by atoms with Crippen LogP contribution in [0.5, 0.6) is 0 Å². The van der Waals surface area contributed by atoms with Gasteiger partial charge >= 0.3 is 0 Å². The van der Waals surface area contributed by atoms with E-state index < -0.39 is 0 Å². The Labute approximate surface area is 100.0 Å². The second-order valence-corrected chi connectivity index (χ2v) is 4.32. The van der Waals surface area contributed by atoms with Crippen LogP contribution in [0.2, 0.25) is 0 Å². The molecule has 0 amide bonds. The zero-order chi connectivity index (χ0) is 11.7. The number of hydrogen-bond donors (Lipinski definition) is 0. The Kier molecular flexibility index (Phi) is 8.77. The summed E-state index contributed by atoms with van der Waals surface area (Å²) in [5.41, 5.74) is 0. The van der Waals surface area contributed by atoms with Crippen molar-refractivity contribution < 1.29 is 4.74 Å². The zero-order valence-electron chi connectivity index (χ0n) is 10.6. The van der Waals surface area contributed by atoms with Gasteiger partial charge in [0.25, 0.3) is 5.17 Å². The van der Waals surface area contributed by atoms with E-state index in [9.17, 15) is 0 Å². The highest BCUT2D eigenvalue weighted by molar-refractivity contribution is 7.80. The lowest BCUT2D eigenvalue weighted by Gasteiger charge is -2.26. The molecule has 0 saturated carbocycles. The van der Waals surface area contributed by atoms with Crippen molar-refractivity contribution in [3.8, 4) is 0 Å². The maximum atomic E-state index is 5.72. The van der Waals surface area contributed by atoms with Crippen molar-refractivity contribution in [2.45, 2.75) is 59.5 Å². The highest BCUT2D eigenvalue weighted by Crippen LogP contribution is 2.06. The lowest BCUT2D eigenvalue weighted by atomic mass is 10.2. The Morgan fingerprint density at radius 3 is 2.07 bits per heavy atom. The molecular weight excluding hydrogens is 206 g/mol. The molecule has 0 radical (unpaired) electrons. The Morgan fingerprint density at radius 1 is 1.13 bits per heavy atom. The number of ether oxygens (including phenoxy) is 1. The zero-order valence-corrected chi connectivity index (χ0v) is 11.4. The van der Waals surface area contributed by atoms with E-state index in [-0.39, 0.29) is 6.10 Å². The average Bonchev–Trinajstić information content (AvgIpc) is 2.17. The van der Waals surface area contributed by atoms with Crippen LogP contribution in [0.3, 0.4) is 0 Å². The van der Waals surface area contributed by atoms with Gasteiger partial charge in [-0.05, 0) is 38.4 Å². The van der Waals surface area contributed by atoms with Gasteiger partial charge in [-0.2, -0.15) is 0 Å². The lowest BCUT2D eigenvalue weighted by molar-refractivity contribution is 0.162. The maximum absolute atomic E-state index is 5.72. The van der Waals surface area contributed by atoms with Crippen LogP contribution in [0.15, 0.2) is 0 Å². The molecular formula is C12H25NOS. The van der Waals surface area contributed by atoms with Crippen molar-refractivity contribution in [2.75, 3.05) is 13.1 Å². The van der Waals surface area contributed by atoms with Crippen molar-refractivity contribution in [1.29, 1.82) is 0 Å². The Morgan fingerprint density at radius 2 is 1.67 bits per heavy atom. The Bertz CT molecular complexity index is 167. The normalized spacial score (nSPS) is 12.3. The molecule has 0 fully saturated rings. The molecule has 1 unspecified atom stereocenters. The minimum absolute atomic E-state index is 0.249. The minimum Gasteiger partial charge on any atom is -0.468 e. The fourth-order valence-corrected chi connectivity index (χ4v) is 1.89. The van der Waals surface area contributed by atoms with Crippen LogP contribution in [-0.2, 0) is 4.74 Å². The molecule has 0 saturated heterocycles. The molecule has 0 aromatic carbocycles. The summed E-state index contributed by atoms with van der Waals surface area (Å²) in [6, 6.07) is 0. The Balaban J connectivity index is 4.00. The molecule has 0 N–H and O–H groups in total. The number of rotatable bonds is 7. The molecule has 1 atom stereocenters. The highest BCUT2D eigenvalue weighted by Gasteiger charge is 2.11. The quantitative estimate of drug-likeness (QED) is 0.621. The first-order chi connectivity index (χ1) is 7.15. The van der Waals surface area contributed by atoms with Crippen LogP contribution < -0.4 is 0 Å². The molecule has 0 aromatic rings. The molecule has 15 heavy (non-hydrogen) atoms. The van der Waals surface area contributed by atoms with Crippen molar-refractivity contribution in [1.82, 2.24) is 4.90 Å². The minimum atomic E-state index is 0.249. The number of nitrogens with zero attached hydrogens (tertiary/aromatic N) is 1. The SMILES string of the molecule is CCCC(C)OC(=S)N(CCC)CCC. The summed E-state index contributed by atoms with van der Waals surface area (Å²) in [5, 5.41) is 0.680. The second kappa shape index (κ2) is 8.96. The number of hydrogen-bond acceptors (Lipinski definition) is 2. The first kappa shape index (κ1) is 14.7. The van der Waals surface area contributed by atoms with Crippen LogP contribution in [0.1, 0.15) is 53.4 Å². The van der Waals surface area contributed by atoms with E-state index in [0.29, 0.717) is 5.17 Å². The van der Waals surface area contributed by atoms with Crippen LogP contribution in [0.25, 0.3) is 0 Å². The predicted molar refractivity (Wildman–Crippen MR) is 70.2 cm³/mol. The first-order valence-corrected chi connectivity index (χ1v) is 6.52. The third-order valence-corrected chi connectivity index (χ3v) is 2.60. The van der Waals surface area contributed by atoms with E-state index in [2.05, 4.69) is 32.6 Å². The van der Waals surface area contributed by atoms with Gasteiger partial charge in [0.2, 0.25) is 0 Å². The largest absolute Gasteiger partial charge is 0.468 e. The van der Waals surface area contributed by atoms with Crippen molar-refractivity contribution in [3.05, 3.63) is 0 Å². The van der Waals surface area contributed by atoms with Crippen molar-refractivity contribution in [2.24, 2.45) is 0 Å². The van der Waals surface area contributed by atoms with Crippen LogP contribution in [-0.4, -0.2) is 29.3 Å². The van der Waals surface area contributed by atoms with Crippen molar-refractivity contribution in [3.63, 3.8) is 0 Å². The molecule has 2 nitrogen and oxygen atoms in total. The monoisotopic (exact) mass is 231 g/mol.